The molecule has 0 heterocycles. The summed E-state index contributed by atoms with van der Waals surface area (Å²) in [5.41, 5.74) is 1.18. The van der Waals surface area contributed by atoms with Gasteiger partial charge in [0, 0.05) is 18.8 Å². The fourth-order valence-electron chi connectivity index (χ4n) is 2.90. The zero-order valence-corrected chi connectivity index (χ0v) is 13.1. The number of carbonyl (C=O) groups is 1. The third-order valence-corrected chi connectivity index (χ3v) is 4.03. The Morgan fingerprint density at radius 2 is 2.00 bits per heavy atom. The van der Waals surface area contributed by atoms with Crippen LogP contribution in [0.2, 0.25) is 0 Å². The average Bonchev–Trinajstić information content (AvgIpc) is 2.92. The smallest absolute Gasteiger partial charge is 0.302 e. The lowest BCUT2D eigenvalue weighted by Gasteiger charge is -2.22. The zero-order chi connectivity index (χ0) is 15.8. The maximum atomic E-state index is 10.8. The van der Waals surface area contributed by atoms with Crippen LogP contribution in [0, 0.1) is 11.8 Å². The Morgan fingerprint density at radius 1 is 1.27 bits per heavy atom. The van der Waals surface area contributed by atoms with Crippen LogP contribution >= 0.6 is 0 Å². The molecule has 0 aliphatic heterocycles. The van der Waals surface area contributed by atoms with Crippen molar-refractivity contribution in [3.63, 3.8) is 0 Å². The Balaban J connectivity index is 1.91. The highest BCUT2D eigenvalue weighted by Crippen LogP contribution is 2.35. The van der Waals surface area contributed by atoms with E-state index in [2.05, 4.69) is 24.8 Å². The quantitative estimate of drug-likeness (QED) is 0.566. The molecule has 0 saturated heterocycles. The van der Waals surface area contributed by atoms with Gasteiger partial charge in [-0.25, -0.2) is 0 Å². The van der Waals surface area contributed by atoms with Crippen LogP contribution in [-0.2, 0) is 20.9 Å². The summed E-state index contributed by atoms with van der Waals surface area (Å²) in [4.78, 5) is 10.8. The van der Waals surface area contributed by atoms with Gasteiger partial charge in [0.05, 0.1) is 12.7 Å². The second-order valence-electron chi connectivity index (χ2n) is 5.63. The summed E-state index contributed by atoms with van der Waals surface area (Å²) < 4.78 is 11.1. The van der Waals surface area contributed by atoms with Crippen LogP contribution < -0.4 is 0 Å². The van der Waals surface area contributed by atoms with E-state index in [1.807, 2.05) is 30.4 Å². The number of esters is 1. The molecular formula is C19H24O3. The molecule has 0 radical (unpaired) electrons. The Hall–Kier alpha value is -1.87. The molecule has 3 nitrogen and oxygen atoms in total. The Bertz CT molecular complexity index is 507. The minimum absolute atomic E-state index is 0.145. The molecule has 0 N–H and O–H groups in total. The monoisotopic (exact) mass is 300 g/mol. The van der Waals surface area contributed by atoms with Crippen molar-refractivity contribution in [1.82, 2.24) is 0 Å². The van der Waals surface area contributed by atoms with E-state index in [0.717, 1.165) is 12.8 Å². The van der Waals surface area contributed by atoms with Gasteiger partial charge in [-0.1, -0.05) is 48.6 Å². The Morgan fingerprint density at radius 3 is 2.68 bits per heavy atom. The number of rotatable bonds is 7. The highest BCUT2D eigenvalue weighted by molar-refractivity contribution is 5.65. The fraction of sp³-hybridized carbons (Fsp3) is 0.421. The summed E-state index contributed by atoms with van der Waals surface area (Å²) in [5.74, 6) is 0.478. The van der Waals surface area contributed by atoms with Gasteiger partial charge in [0.25, 0.3) is 0 Å². The molecule has 1 fully saturated rings. The van der Waals surface area contributed by atoms with Gasteiger partial charge < -0.3 is 9.47 Å². The van der Waals surface area contributed by atoms with Crippen LogP contribution in [-0.4, -0.2) is 18.7 Å². The second kappa shape index (κ2) is 8.54. The SMILES string of the molecule is C=C[C@@H]1CC[C@H](C=CCOC(C)=O)[C@H]1OCc1ccccc1. The molecule has 1 aliphatic carbocycles. The molecule has 3 atom stereocenters. The van der Waals surface area contributed by atoms with Crippen molar-refractivity contribution in [2.45, 2.75) is 32.5 Å². The first-order chi connectivity index (χ1) is 10.7. The molecule has 0 bridgehead atoms. The number of benzene rings is 1. The largest absolute Gasteiger partial charge is 0.462 e. The van der Waals surface area contributed by atoms with Crippen molar-refractivity contribution < 1.29 is 14.3 Å². The molecule has 0 amide bonds. The molecular weight excluding hydrogens is 276 g/mol. The number of carbonyl (C=O) groups excluding carboxylic acids is 1. The van der Waals surface area contributed by atoms with Crippen molar-refractivity contribution in [2.75, 3.05) is 6.61 Å². The van der Waals surface area contributed by atoms with Gasteiger partial charge in [-0.2, -0.15) is 0 Å². The average molecular weight is 300 g/mol. The highest BCUT2D eigenvalue weighted by atomic mass is 16.5. The molecule has 1 aliphatic rings. The highest BCUT2D eigenvalue weighted by Gasteiger charge is 2.33. The van der Waals surface area contributed by atoms with Gasteiger partial charge in [-0.05, 0) is 18.4 Å². The first-order valence-corrected chi connectivity index (χ1v) is 7.79. The summed E-state index contributed by atoms with van der Waals surface area (Å²) in [6.45, 7) is 6.29. The number of ether oxygens (including phenoxy) is 2. The molecule has 0 spiro atoms. The van der Waals surface area contributed by atoms with Crippen molar-refractivity contribution in [2.24, 2.45) is 11.8 Å². The summed E-state index contributed by atoms with van der Waals surface area (Å²) in [6, 6.07) is 10.2. The number of hydrogen-bond acceptors (Lipinski definition) is 3. The molecule has 0 unspecified atom stereocenters. The van der Waals surface area contributed by atoms with Crippen LogP contribution in [0.4, 0.5) is 0 Å². The predicted octanol–water partition coefficient (Wildman–Crippen LogP) is 3.90. The van der Waals surface area contributed by atoms with Gasteiger partial charge in [-0.3, -0.25) is 4.79 Å². The Labute approximate surface area is 132 Å². The maximum Gasteiger partial charge on any atom is 0.302 e. The lowest BCUT2D eigenvalue weighted by atomic mass is 10.00. The molecule has 2 rings (SSSR count). The molecule has 1 aromatic rings. The minimum Gasteiger partial charge on any atom is -0.462 e. The number of hydrogen-bond donors (Lipinski definition) is 0. The van der Waals surface area contributed by atoms with Crippen molar-refractivity contribution in [3.05, 3.63) is 60.7 Å². The third kappa shape index (κ3) is 4.85. The molecule has 118 valence electrons. The normalized spacial score (nSPS) is 24.5. The second-order valence-corrected chi connectivity index (χ2v) is 5.63. The third-order valence-electron chi connectivity index (χ3n) is 4.03. The van der Waals surface area contributed by atoms with E-state index in [1.54, 1.807) is 0 Å². The van der Waals surface area contributed by atoms with E-state index in [-0.39, 0.29) is 12.1 Å². The van der Waals surface area contributed by atoms with Crippen molar-refractivity contribution in [1.29, 1.82) is 0 Å². The van der Waals surface area contributed by atoms with Gasteiger partial charge in [-0.15, -0.1) is 6.58 Å². The maximum absolute atomic E-state index is 10.8. The van der Waals surface area contributed by atoms with Crippen LogP contribution in [0.3, 0.4) is 0 Å². The Kier molecular flexibility index (Phi) is 6.41. The first-order valence-electron chi connectivity index (χ1n) is 7.79. The van der Waals surface area contributed by atoms with Gasteiger partial charge in [0.2, 0.25) is 0 Å². The standard InChI is InChI=1S/C19H24O3/c1-3-17-11-12-18(10-7-13-21-15(2)20)19(17)22-14-16-8-5-4-6-9-16/h3-10,17-19H,1,11-14H2,2H3/t17-,18+,19+/m1/s1. The lowest BCUT2D eigenvalue weighted by molar-refractivity contribution is -0.139. The summed E-state index contributed by atoms with van der Waals surface area (Å²) in [5, 5.41) is 0. The first kappa shape index (κ1) is 16.5. The van der Waals surface area contributed by atoms with Crippen molar-refractivity contribution in [3.8, 4) is 0 Å². The van der Waals surface area contributed by atoms with Crippen LogP contribution in [0.1, 0.15) is 25.3 Å². The van der Waals surface area contributed by atoms with Gasteiger partial charge in [0.15, 0.2) is 0 Å². The van der Waals surface area contributed by atoms with E-state index in [4.69, 9.17) is 9.47 Å². The summed E-state index contributed by atoms with van der Waals surface area (Å²) in [6.07, 6.45) is 8.33. The predicted molar refractivity (Wildman–Crippen MR) is 87.2 cm³/mol. The van der Waals surface area contributed by atoms with Gasteiger partial charge in [0.1, 0.15) is 6.61 Å². The van der Waals surface area contributed by atoms with E-state index < -0.39 is 0 Å². The fourth-order valence-corrected chi connectivity index (χ4v) is 2.90. The van der Waals surface area contributed by atoms with Crippen LogP contribution in [0.5, 0.6) is 0 Å². The van der Waals surface area contributed by atoms with E-state index in [1.165, 1.54) is 12.5 Å². The topological polar surface area (TPSA) is 35.5 Å². The minimum atomic E-state index is -0.253. The summed E-state index contributed by atoms with van der Waals surface area (Å²) in [7, 11) is 0. The molecule has 0 aromatic heterocycles. The van der Waals surface area contributed by atoms with Crippen molar-refractivity contribution >= 4 is 5.97 Å². The summed E-state index contributed by atoms with van der Waals surface area (Å²) >= 11 is 0. The van der Waals surface area contributed by atoms with E-state index >= 15 is 0 Å². The van der Waals surface area contributed by atoms with Crippen LogP contribution in [0.15, 0.2) is 55.1 Å². The molecule has 3 heteroatoms. The van der Waals surface area contributed by atoms with E-state index in [9.17, 15) is 4.79 Å². The van der Waals surface area contributed by atoms with E-state index in [0.29, 0.717) is 25.0 Å². The molecule has 22 heavy (non-hydrogen) atoms. The van der Waals surface area contributed by atoms with Crippen LogP contribution in [0.25, 0.3) is 0 Å². The lowest BCUT2D eigenvalue weighted by Crippen LogP contribution is -2.23. The molecule has 1 saturated carbocycles. The van der Waals surface area contributed by atoms with Gasteiger partial charge >= 0.3 is 5.97 Å². The molecule has 1 aromatic carbocycles. The zero-order valence-electron chi connectivity index (χ0n) is 13.1.